The topological polar surface area (TPSA) is 106 Å². The van der Waals surface area contributed by atoms with Crippen LogP contribution in [0.5, 0.6) is 0 Å². The first-order valence-corrected chi connectivity index (χ1v) is 11.6. The number of aliphatic hydroxyl groups excluding tert-OH is 1. The Labute approximate surface area is 203 Å². The van der Waals surface area contributed by atoms with Crippen LogP contribution < -0.4 is 11.2 Å². The zero-order chi connectivity index (χ0) is 26.3. The minimum absolute atomic E-state index is 0.0423. The van der Waals surface area contributed by atoms with Gasteiger partial charge in [0, 0.05) is 26.7 Å². The van der Waals surface area contributed by atoms with E-state index in [0.717, 1.165) is 9.13 Å². The second kappa shape index (κ2) is 9.54. The largest absolute Gasteiger partial charge is 0.396 e. The van der Waals surface area contributed by atoms with Crippen molar-refractivity contribution in [3.8, 4) is 6.07 Å². The van der Waals surface area contributed by atoms with E-state index in [0.29, 0.717) is 11.1 Å². The van der Waals surface area contributed by atoms with Gasteiger partial charge in [0.15, 0.2) is 16.8 Å². The summed E-state index contributed by atoms with van der Waals surface area (Å²) < 4.78 is 59.4. The molecular formula is C24H25F4N5O3. The molecule has 2 heterocycles. The van der Waals surface area contributed by atoms with E-state index in [4.69, 9.17) is 5.26 Å². The molecule has 0 unspecified atom stereocenters. The summed E-state index contributed by atoms with van der Waals surface area (Å²) in [7, 11) is 1.38. The van der Waals surface area contributed by atoms with Crippen LogP contribution >= 0.6 is 0 Å². The summed E-state index contributed by atoms with van der Waals surface area (Å²) in [5.74, 6) is -1.81. The molecule has 36 heavy (non-hydrogen) atoms. The standard InChI is InChI=1S/C24H25F4N5O3/c1-31-19-18(20(35)32(22(31)36)11-2-12-34)33(14-16-5-3-15(13-29)4-6-16)21(30-19)23(25)9-7-17(8-10-23)24(26,27)28/h3-6,17,34H,2,7-12,14H2,1H3. The zero-order valence-electron chi connectivity index (χ0n) is 19.6. The SMILES string of the molecule is Cn1c(=O)n(CCCO)c(=O)c2c1nc(C1(F)CCC(C(F)(F)F)CC1)n2Cc1ccc(C#N)cc1. The molecule has 0 saturated heterocycles. The lowest BCUT2D eigenvalue weighted by molar-refractivity contribution is -0.189. The number of benzene rings is 1. The molecule has 0 aliphatic heterocycles. The Kier molecular flexibility index (Phi) is 6.79. The van der Waals surface area contributed by atoms with E-state index in [-0.39, 0.29) is 43.1 Å². The third-order valence-corrected chi connectivity index (χ3v) is 6.84. The molecule has 0 amide bonds. The van der Waals surface area contributed by atoms with Crippen LogP contribution in [0.3, 0.4) is 0 Å². The van der Waals surface area contributed by atoms with Crippen LogP contribution in [0.15, 0.2) is 33.9 Å². The van der Waals surface area contributed by atoms with Crippen molar-refractivity contribution in [3.63, 3.8) is 0 Å². The summed E-state index contributed by atoms with van der Waals surface area (Å²) in [6.45, 7) is -0.361. The summed E-state index contributed by atoms with van der Waals surface area (Å²) in [5, 5.41) is 18.2. The number of nitriles is 1. The predicted octanol–water partition coefficient (Wildman–Crippen LogP) is 3.12. The van der Waals surface area contributed by atoms with E-state index in [9.17, 15) is 27.9 Å². The smallest absolute Gasteiger partial charge is 0.391 e. The fourth-order valence-electron chi connectivity index (χ4n) is 4.79. The van der Waals surface area contributed by atoms with Crippen molar-refractivity contribution in [3.05, 3.63) is 62.1 Å². The summed E-state index contributed by atoms with van der Waals surface area (Å²) >= 11 is 0. The van der Waals surface area contributed by atoms with Crippen molar-refractivity contribution in [2.45, 2.75) is 57.0 Å². The van der Waals surface area contributed by atoms with Gasteiger partial charge < -0.3 is 9.67 Å². The molecule has 192 valence electrons. The molecule has 0 bridgehead atoms. The van der Waals surface area contributed by atoms with Crippen molar-refractivity contribution < 1.29 is 22.7 Å². The van der Waals surface area contributed by atoms with E-state index in [1.165, 1.54) is 11.6 Å². The summed E-state index contributed by atoms with van der Waals surface area (Å²) in [5.41, 5.74) is -2.75. The number of aryl methyl sites for hydroxylation is 1. The maximum Gasteiger partial charge on any atom is 0.391 e. The highest BCUT2D eigenvalue weighted by Crippen LogP contribution is 2.47. The van der Waals surface area contributed by atoms with E-state index in [2.05, 4.69) is 4.98 Å². The predicted molar refractivity (Wildman–Crippen MR) is 122 cm³/mol. The lowest BCUT2D eigenvalue weighted by Crippen LogP contribution is -2.40. The van der Waals surface area contributed by atoms with Gasteiger partial charge in [-0.25, -0.2) is 14.2 Å². The van der Waals surface area contributed by atoms with Crippen molar-refractivity contribution in [2.24, 2.45) is 13.0 Å². The van der Waals surface area contributed by atoms with Crippen LogP contribution in [0.2, 0.25) is 0 Å². The Morgan fingerprint density at radius 3 is 2.36 bits per heavy atom. The van der Waals surface area contributed by atoms with E-state index >= 15 is 4.39 Å². The molecule has 4 rings (SSSR count). The molecule has 2 aromatic heterocycles. The average Bonchev–Trinajstić information content (AvgIpc) is 3.23. The Balaban J connectivity index is 1.90. The molecule has 3 aromatic rings. The van der Waals surface area contributed by atoms with Crippen molar-refractivity contribution in [1.82, 2.24) is 18.7 Å². The van der Waals surface area contributed by atoms with Gasteiger partial charge >= 0.3 is 11.9 Å². The number of halogens is 4. The number of alkyl halides is 4. The number of imidazole rings is 1. The summed E-state index contributed by atoms with van der Waals surface area (Å²) in [6.07, 6.45) is -5.97. The van der Waals surface area contributed by atoms with Crippen molar-refractivity contribution in [2.75, 3.05) is 6.61 Å². The molecule has 1 aromatic carbocycles. The summed E-state index contributed by atoms with van der Waals surface area (Å²) in [6, 6.07) is 8.37. The first-order chi connectivity index (χ1) is 17.0. The lowest BCUT2D eigenvalue weighted by atomic mass is 9.79. The van der Waals surface area contributed by atoms with Gasteiger partial charge in [-0.05, 0) is 49.8 Å². The number of hydrogen-bond donors (Lipinski definition) is 1. The minimum Gasteiger partial charge on any atom is -0.396 e. The van der Waals surface area contributed by atoms with Crippen LogP contribution in [0, 0.1) is 17.2 Å². The second-order valence-corrected chi connectivity index (χ2v) is 9.16. The highest BCUT2D eigenvalue weighted by atomic mass is 19.4. The number of fused-ring (bicyclic) bond motifs is 1. The van der Waals surface area contributed by atoms with Gasteiger partial charge in [-0.15, -0.1) is 0 Å². The average molecular weight is 507 g/mol. The Bertz CT molecular complexity index is 1420. The maximum atomic E-state index is 16.3. The van der Waals surface area contributed by atoms with Crippen molar-refractivity contribution in [1.29, 1.82) is 5.26 Å². The molecule has 0 spiro atoms. The van der Waals surface area contributed by atoms with E-state index < -0.39 is 54.7 Å². The number of aromatic nitrogens is 4. The molecule has 1 aliphatic carbocycles. The van der Waals surface area contributed by atoms with Gasteiger partial charge in [-0.2, -0.15) is 18.4 Å². The second-order valence-electron chi connectivity index (χ2n) is 9.16. The van der Waals surface area contributed by atoms with Gasteiger partial charge in [0.1, 0.15) is 5.82 Å². The van der Waals surface area contributed by atoms with Crippen LogP contribution in [-0.4, -0.2) is 36.6 Å². The quantitative estimate of drug-likeness (QED) is 0.516. The number of hydrogen-bond acceptors (Lipinski definition) is 5. The zero-order valence-corrected chi connectivity index (χ0v) is 19.6. The van der Waals surface area contributed by atoms with Gasteiger partial charge in [0.25, 0.3) is 5.56 Å². The monoisotopic (exact) mass is 507 g/mol. The Hall–Kier alpha value is -3.46. The minimum atomic E-state index is -4.42. The normalized spacial score (nSPS) is 20.5. The first-order valence-electron chi connectivity index (χ1n) is 11.6. The maximum absolute atomic E-state index is 16.3. The third kappa shape index (κ3) is 4.55. The van der Waals surface area contributed by atoms with Crippen LogP contribution in [0.25, 0.3) is 11.2 Å². The van der Waals surface area contributed by atoms with Crippen LogP contribution in [0.1, 0.15) is 49.1 Å². The highest BCUT2D eigenvalue weighted by Gasteiger charge is 2.49. The van der Waals surface area contributed by atoms with Gasteiger partial charge in [-0.3, -0.25) is 13.9 Å². The van der Waals surface area contributed by atoms with E-state index in [1.807, 2.05) is 6.07 Å². The fraction of sp³-hybridized carbons (Fsp3) is 0.500. The Morgan fingerprint density at radius 1 is 1.17 bits per heavy atom. The number of nitrogens with zero attached hydrogens (tertiary/aromatic N) is 5. The third-order valence-electron chi connectivity index (χ3n) is 6.84. The van der Waals surface area contributed by atoms with E-state index in [1.54, 1.807) is 24.3 Å². The highest BCUT2D eigenvalue weighted by molar-refractivity contribution is 5.71. The molecule has 12 heteroatoms. The van der Waals surface area contributed by atoms with Crippen molar-refractivity contribution >= 4 is 11.2 Å². The Morgan fingerprint density at radius 2 is 1.81 bits per heavy atom. The van der Waals surface area contributed by atoms with Crippen LogP contribution in [-0.2, 0) is 25.8 Å². The lowest BCUT2D eigenvalue weighted by Gasteiger charge is -2.34. The van der Waals surface area contributed by atoms with Gasteiger partial charge in [0.05, 0.1) is 17.6 Å². The fourth-order valence-corrected chi connectivity index (χ4v) is 4.79. The van der Waals surface area contributed by atoms with Gasteiger partial charge in [-0.1, -0.05) is 12.1 Å². The number of rotatable bonds is 6. The van der Waals surface area contributed by atoms with Gasteiger partial charge in [0.2, 0.25) is 0 Å². The molecule has 0 atom stereocenters. The molecule has 8 nitrogen and oxygen atoms in total. The first kappa shape index (κ1) is 25.6. The molecule has 0 radical (unpaired) electrons. The molecular weight excluding hydrogens is 482 g/mol. The molecule has 1 aliphatic rings. The molecule has 1 saturated carbocycles. The van der Waals surface area contributed by atoms with Crippen LogP contribution in [0.4, 0.5) is 17.6 Å². The molecule has 1 fully saturated rings. The summed E-state index contributed by atoms with van der Waals surface area (Å²) in [4.78, 5) is 30.5. The molecule has 1 N–H and O–H groups in total. The number of aliphatic hydroxyl groups is 1.